The number of allylic oxidation sites excluding steroid dienone is 1. The van der Waals surface area contributed by atoms with Gasteiger partial charge < -0.3 is 4.74 Å². The number of carbonyl (C=O) groups is 1. The predicted molar refractivity (Wildman–Crippen MR) is 70.1 cm³/mol. The smallest absolute Gasteiger partial charge is 0.416 e. The van der Waals surface area contributed by atoms with E-state index in [2.05, 4.69) is 6.58 Å². The van der Waals surface area contributed by atoms with Gasteiger partial charge in [0.05, 0.1) is 18.1 Å². The van der Waals surface area contributed by atoms with Gasteiger partial charge in [-0.1, -0.05) is 24.3 Å². The average Bonchev–Trinajstić information content (AvgIpc) is 2.38. The Kier molecular flexibility index (Phi) is 5.80. The maximum absolute atomic E-state index is 12.6. The number of benzene rings is 1. The Morgan fingerprint density at radius 1 is 1.45 bits per heavy atom. The second kappa shape index (κ2) is 7.12. The van der Waals surface area contributed by atoms with Crippen LogP contribution in [0.15, 0.2) is 36.9 Å². The van der Waals surface area contributed by atoms with E-state index >= 15 is 0 Å². The molecule has 5 heteroatoms. The van der Waals surface area contributed by atoms with Gasteiger partial charge in [-0.2, -0.15) is 13.2 Å². The van der Waals surface area contributed by atoms with Gasteiger partial charge >= 0.3 is 12.1 Å². The molecule has 0 saturated heterocycles. The number of hydrogen-bond acceptors (Lipinski definition) is 2. The van der Waals surface area contributed by atoms with Crippen LogP contribution < -0.4 is 0 Å². The molecule has 0 unspecified atom stereocenters. The molecule has 0 fully saturated rings. The monoisotopic (exact) mass is 286 g/mol. The van der Waals surface area contributed by atoms with Gasteiger partial charge in [0.2, 0.25) is 0 Å². The fourth-order valence-electron chi connectivity index (χ4n) is 1.88. The molecule has 0 heterocycles. The minimum Gasteiger partial charge on any atom is -0.466 e. The van der Waals surface area contributed by atoms with Crippen LogP contribution in [0.1, 0.15) is 24.5 Å². The van der Waals surface area contributed by atoms with Gasteiger partial charge in [0.25, 0.3) is 0 Å². The quantitative estimate of drug-likeness (QED) is 0.583. The molecular formula is C15H17F3O2. The standard InChI is InChI=1S/C15H17F3O2/c1-3-6-12(14(19)20-4-2)9-11-7-5-8-13(10-11)15(16,17)18/h3,5,7-8,10,12H,1,4,6,9H2,2H3/t12-/m1/s1. The van der Waals surface area contributed by atoms with Crippen molar-refractivity contribution in [3.05, 3.63) is 48.0 Å². The number of carbonyl (C=O) groups excluding carboxylic acids is 1. The van der Waals surface area contributed by atoms with Gasteiger partial charge in [-0.3, -0.25) is 4.79 Å². The third-order valence-electron chi connectivity index (χ3n) is 2.81. The van der Waals surface area contributed by atoms with Crippen LogP contribution in [0.2, 0.25) is 0 Å². The lowest BCUT2D eigenvalue weighted by Gasteiger charge is -2.15. The van der Waals surface area contributed by atoms with E-state index in [1.165, 1.54) is 6.07 Å². The highest BCUT2D eigenvalue weighted by atomic mass is 19.4. The Bertz CT molecular complexity index is 466. The molecule has 1 aromatic rings. The van der Waals surface area contributed by atoms with Crippen molar-refractivity contribution in [2.75, 3.05) is 6.61 Å². The van der Waals surface area contributed by atoms with E-state index in [4.69, 9.17) is 4.74 Å². The molecule has 0 aliphatic heterocycles. The topological polar surface area (TPSA) is 26.3 Å². The van der Waals surface area contributed by atoms with Crippen molar-refractivity contribution < 1.29 is 22.7 Å². The Labute approximate surface area is 116 Å². The van der Waals surface area contributed by atoms with Crippen molar-refractivity contribution >= 4 is 5.97 Å². The highest BCUT2D eigenvalue weighted by Gasteiger charge is 2.30. The summed E-state index contributed by atoms with van der Waals surface area (Å²) in [6.45, 7) is 5.49. The number of hydrogen-bond donors (Lipinski definition) is 0. The Hall–Kier alpha value is -1.78. The zero-order valence-corrected chi connectivity index (χ0v) is 11.2. The molecule has 0 amide bonds. The molecule has 0 aromatic heterocycles. The van der Waals surface area contributed by atoms with E-state index in [0.717, 1.165) is 12.1 Å². The van der Waals surface area contributed by atoms with E-state index in [1.807, 2.05) is 0 Å². The first kappa shape index (κ1) is 16.3. The van der Waals surface area contributed by atoms with E-state index < -0.39 is 23.6 Å². The van der Waals surface area contributed by atoms with Crippen LogP contribution in [0.5, 0.6) is 0 Å². The first-order valence-corrected chi connectivity index (χ1v) is 6.32. The molecule has 0 radical (unpaired) electrons. The Balaban J connectivity index is 2.88. The van der Waals surface area contributed by atoms with E-state index in [1.54, 1.807) is 19.1 Å². The number of rotatable bonds is 6. The summed E-state index contributed by atoms with van der Waals surface area (Å²) in [5, 5.41) is 0. The SMILES string of the molecule is C=CC[C@H](Cc1cccc(C(F)(F)F)c1)C(=O)OCC. The van der Waals surface area contributed by atoms with Crippen LogP contribution in [-0.2, 0) is 22.1 Å². The maximum atomic E-state index is 12.6. The number of esters is 1. The van der Waals surface area contributed by atoms with Crippen LogP contribution in [0.3, 0.4) is 0 Å². The minimum absolute atomic E-state index is 0.203. The Morgan fingerprint density at radius 2 is 2.15 bits per heavy atom. The fourth-order valence-corrected chi connectivity index (χ4v) is 1.88. The van der Waals surface area contributed by atoms with E-state index in [-0.39, 0.29) is 13.0 Å². The zero-order chi connectivity index (χ0) is 15.2. The van der Waals surface area contributed by atoms with Crippen LogP contribution in [0, 0.1) is 5.92 Å². The number of halogens is 3. The summed E-state index contributed by atoms with van der Waals surface area (Å²) in [5.74, 6) is -0.916. The Morgan fingerprint density at radius 3 is 2.70 bits per heavy atom. The van der Waals surface area contributed by atoms with Crippen LogP contribution in [0.25, 0.3) is 0 Å². The summed E-state index contributed by atoms with van der Waals surface area (Å²) in [6.07, 6.45) is -2.24. The van der Waals surface area contributed by atoms with Crippen LogP contribution >= 0.6 is 0 Å². The molecule has 0 aliphatic carbocycles. The summed E-state index contributed by atoms with van der Waals surface area (Å²) in [4.78, 5) is 11.7. The highest BCUT2D eigenvalue weighted by molar-refractivity contribution is 5.73. The summed E-state index contributed by atoms with van der Waals surface area (Å²) in [5.41, 5.74) is -0.254. The first-order valence-electron chi connectivity index (χ1n) is 6.32. The van der Waals surface area contributed by atoms with Gasteiger partial charge in [0, 0.05) is 0 Å². The molecule has 2 nitrogen and oxygen atoms in total. The molecule has 0 spiro atoms. The molecule has 1 aromatic carbocycles. The summed E-state index contributed by atoms with van der Waals surface area (Å²) >= 11 is 0. The first-order chi connectivity index (χ1) is 9.38. The van der Waals surface area contributed by atoms with Gasteiger partial charge in [0.15, 0.2) is 0 Å². The minimum atomic E-state index is -4.38. The summed E-state index contributed by atoms with van der Waals surface area (Å²) < 4.78 is 42.8. The average molecular weight is 286 g/mol. The molecule has 0 N–H and O–H groups in total. The zero-order valence-electron chi connectivity index (χ0n) is 11.2. The van der Waals surface area contributed by atoms with Crippen LogP contribution in [-0.4, -0.2) is 12.6 Å². The molecule has 1 atom stereocenters. The summed E-state index contributed by atoms with van der Waals surface area (Å²) in [7, 11) is 0. The lowest BCUT2D eigenvalue weighted by Crippen LogP contribution is -2.20. The van der Waals surface area contributed by atoms with Crippen molar-refractivity contribution in [3.63, 3.8) is 0 Å². The molecular weight excluding hydrogens is 269 g/mol. The third-order valence-corrected chi connectivity index (χ3v) is 2.81. The lowest BCUT2D eigenvalue weighted by molar-refractivity contribution is -0.147. The van der Waals surface area contributed by atoms with Crippen LogP contribution in [0.4, 0.5) is 13.2 Å². The van der Waals surface area contributed by atoms with Crippen molar-refractivity contribution in [1.29, 1.82) is 0 Å². The van der Waals surface area contributed by atoms with Crippen molar-refractivity contribution in [2.24, 2.45) is 5.92 Å². The fraction of sp³-hybridized carbons (Fsp3) is 0.400. The van der Waals surface area contributed by atoms with E-state index in [0.29, 0.717) is 12.0 Å². The van der Waals surface area contributed by atoms with E-state index in [9.17, 15) is 18.0 Å². The number of ether oxygens (including phenoxy) is 1. The van der Waals surface area contributed by atoms with Gasteiger partial charge in [0.1, 0.15) is 0 Å². The largest absolute Gasteiger partial charge is 0.466 e. The maximum Gasteiger partial charge on any atom is 0.416 e. The molecule has 20 heavy (non-hydrogen) atoms. The molecule has 0 bridgehead atoms. The van der Waals surface area contributed by atoms with Crippen molar-refractivity contribution in [1.82, 2.24) is 0 Å². The molecule has 110 valence electrons. The second-order valence-corrected chi connectivity index (χ2v) is 4.38. The van der Waals surface area contributed by atoms with Crippen molar-refractivity contribution in [3.8, 4) is 0 Å². The highest BCUT2D eigenvalue weighted by Crippen LogP contribution is 2.30. The van der Waals surface area contributed by atoms with Gasteiger partial charge in [-0.15, -0.1) is 6.58 Å². The molecule has 1 rings (SSSR count). The lowest BCUT2D eigenvalue weighted by atomic mass is 9.95. The second-order valence-electron chi connectivity index (χ2n) is 4.38. The molecule has 0 aliphatic rings. The van der Waals surface area contributed by atoms with Gasteiger partial charge in [-0.25, -0.2) is 0 Å². The predicted octanol–water partition coefficient (Wildman–Crippen LogP) is 4.00. The van der Waals surface area contributed by atoms with Crippen molar-refractivity contribution in [2.45, 2.75) is 25.9 Å². The molecule has 0 saturated carbocycles. The number of alkyl halides is 3. The third kappa shape index (κ3) is 4.72. The normalized spacial score (nSPS) is 12.8. The van der Waals surface area contributed by atoms with Gasteiger partial charge in [-0.05, 0) is 31.4 Å². The summed E-state index contributed by atoms with van der Waals surface area (Å²) in [6, 6.07) is 4.99.